The van der Waals surface area contributed by atoms with Crippen molar-refractivity contribution in [2.24, 2.45) is 0 Å². The molecule has 8 heteroatoms. The molecule has 0 atom stereocenters. The van der Waals surface area contributed by atoms with E-state index >= 15 is 0 Å². The number of aryl methyl sites for hydroxylation is 1. The van der Waals surface area contributed by atoms with Gasteiger partial charge in [0, 0.05) is 16.8 Å². The summed E-state index contributed by atoms with van der Waals surface area (Å²) in [5.74, 6) is 0.312. The van der Waals surface area contributed by atoms with Crippen molar-refractivity contribution in [2.75, 3.05) is 17.2 Å². The maximum atomic E-state index is 13.0. The highest BCUT2D eigenvalue weighted by atomic mass is 35.5. The Labute approximate surface area is 208 Å². The third kappa shape index (κ3) is 5.53. The quantitative estimate of drug-likeness (QED) is 0.291. The van der Waals surface area contributed by atoms with Crippen LogP contribution in [0.3, 0.4) is 0 Å². The van der Waals surface area contributed by atoms with Gasteiger partial charge in [0.1, 0.15) is 22.8 Å². The van der Waals surface area contributed by atoms with E-state index in [0.717, 1.165) is 6.42 Å². The second-order valence-corrected chi connectivity index (χ2v) is 8.18. The summed E-state index contributed by atoms with van der Waals surface area (Å²) in [5.41, 5.74) is 2.81. The smallest absolute Gasteiger partial charge is 0.261 e. The fourth-order valence-corrected chi connectivity index (χ4v) is 3.70. The largest absolute Gasteiger partial charge is 0.491 e. The van der Waals surface area contributed by atoms with Gasteiger partial charge < -0.3 is 19.9 Å². The van der Waals surface area contributed by atoms with Crippen LogP contribution in [0.25, 0.3) is 11.3 Å². The number of amides is 2. The monoisotopic (exact) mass is 489 g/mol. The zero-order valence-corrected chi connectivity index (χ0v) is 20.1. The van der Waals surface area contributed by atoms with Crippen LogP contribution in [0.5, 0.6) is 5.75 Å². The average Bonchev–Trinajstić information content (AvgIpc) is 3.25. The minimum Gasteiger partial charge on any atom is -0.491 e. The van der Waals surface area contributed by atoms with E-state index in [1.54, 1.807) is 55.5 Å². The number of carbonyl (C=O) groups excluding carboxylic acids is 2. The number of nitrogens with zero attached hydrogens (tertiary/aromatic N) is 1. The molecule has 0 radical (unpaired) electrons. The molecule has 4 aromatic rings. The van der Waals surface area contributed by atoms with Gasteiger partial charge in [-0.15, -0.1) is 0 Å². The number of hydrogen-bond acceptors (Lipinski definition) is 5. The molecule has 0 bridgehead atoms. The molecule has 0 saturated carbocycles. The number of rotatable bonds is 8. The molecular weight excluding hydrogens is 466 g/mol. The summed E-state index contributed by atoms with van der Waals surface area (Å²) in [7, 11) is 0. The van der Waals surface area contributed by atoms with Crippen molar-refractivity contribution in [2.45, 2.75) is 20.3 Å². The maximum Gasteiger partial charge on any atom is 0.261 e. The number of hydrogen-bond donors (Lipinski definition) is 2. The van der Waals surface area contributed by atoms with E-state index in [2.05, 4.69) is 15.8 Å². The van der Waals surface area contributed by atoms with Crippen molar-refractivity contribution in [3.8, 4) is 17.0 Å². The molecule has 0 saturated heterocycles. The molecule has 0 fully saturated rings. The van der Waals surface area contributed by atoms with Crippen LogP contribution in [0.1, 0.15) is 39.8 Å². The van der Waals surface area contributed by atoms with Gasteiger partial charge in [0.25, 0.3) is 11.8 Å². The summed E-state index contributed by atoms with van der Waals surface area (Å²) < 4.78 is 11.0. The normalized spacial score (nSPS) is 10.6. The highest BCUT2D eigenvalue weighted by molar-refractivity contribution is 6.33. The zero-order chi connectivity index (χ0) is 24.8. The van der Waals surface area contributed by atoms with E-state index in [1.165, 1.54) is 0 Å². The fraction of sp³-hybridized carbons (Fsp3) is 0.148. The SMILES string of the molecule is CCCOc1ccccc1NC(=O)c1ccc(NC(=O)c2c(-c3ccccc3Cl)noc2C)cc1. The Morgan fingerprint density at radius 2 is 1.66 bits per heavy atom. The lowest BCUT2D eigenvalue weighted by atomic mass is 10.1. The lowest BCUT2D eigenvalue weighted by Gasteiger charge is -2.12. The Bertz CT molecular complexity index is 1350. The van der Waals surface area contributed by atoms with E-state index in [-0.39, 0.29) is 5.91 Å². The highest BCUT2D eigenvalue weighted by Crippen LogP contribution is 2.31. The number of nitrogens with one attached hydrogen (secondary N) is 2. The number of benzene rings is 3. The van der Waals surface area contributed by atoms with E-state index in [9.17, 15) is 9.59 Å². The molecular formula is C27H24ClN3O4. The topological polar surface area (TPSA) is 93.5 Å². The van der Waals surface area contributed by atoms with E-state index in [1.807, 2.05) is 31.2 Å². The number of anilines is 2. The second kappa shape index (κ2) is 10.9. The number of para-hydroxylation sites is 2. The zero-order valence-electron chi connectivity index (χ0n) is 19.3. The van der Waals surface area contributed by atoms with Gasteiger partial charge in [-0.1, -0.05) is 54.0 Å². The molecule has 178 valence electrons. The van der Waals surface area contributed by atoms with Gasteiger partial charge in [0.15, 0.2) is 0 Å². The first kappa shape index (κ1) is 24.0. The van der Waals surface area contributed by atoms with Crippen LogP contribution in [0.15, 0.2) is 77.3 Å². The van der Waals surface area contributed by atoms with Crippen LogP contribution in [-0.4, -0.2) is 23.6 Å². The predicted molar refractivity (Wildman–Crippen MR) is 136 cm³/mol. The molecule has 0 aliphatic heterocycles. The first-order valence-corrected chi connectivity index (χ1v) is 11.5. The summed E-state index contributed by atoms with van der Waals surface area (Å²) in [6.45, 7) is 4.24. The number of halogens is 1. The second-order valence-electron chi connectivity index (χ2n) is 7.77. The van der Waals surface area contributed by atoms with Crippen molar-refractivity contribution in [1.82, 2.24) is 5.16 Å². The maximum absolute atomic E-state index is 13.0. The third-order valence-electron chi connectivity index (χ3n) is 5.22. The number of carbonyl (C=O) groups is 2. The molecule has 3 aromatic carbocycles. The Morgan fingerprint density at radius 3 is 2.40 bits per heavy atom. The van der Waals surface area contributed by atoms with Gasteiger partial charge >= 0.3 is 0 Å². The van der Waals surface area contributed by atoms with Crippen LogP contribution in [-0.2, 0) is 0 Å². The summed E-state index contributed by atoms with van der Waals surface area (Å²) in [4.78, 5) is 25.8. The number of ether oxygens (including phenoxy) is 1. The van der Waals surface area contributed by atoms with E-state index in [4.69, 9.17) is 20.9 Å². The minimum atomic E-state index is -0.391. The first-order valence-electron chi connectivity index (χ1n) is 11.1. The molecule has 4 rings (SSSR count). The Kier molecular flexibility index (Phi) is 7.48. The van der Waals surface area contributed by atoms with E-state index in [0.29, 0.717) is 56.9 Å². The van der Waals surface area contributed by atoms with Gasteiger partial charge in [-0.25, -0.2) is 0 Å². The van der Waals surface area contributed by atoms with Crippen molar-refractivity contribution in [3.63, 3.8) is 0 Å². The van der Waals surface area contributed by atoms with Gasteiger partial charge in [0.05, 0.1) is 17.3 Å². The van der Waals surface area contributed by atoms with Crippen LogP contribution in [0.2, 0.25) is 5.02 Å². The molecule has 0 aliphatic carbocycles. The molecule has 7 nitrogen and oxygen atoms in total. The predicted octanol–water partition coefficient (Wildman–Crippen LogP) is 6.60. The van der Waals surface area contributed by atoms with Crippen molar-refractivity contribution >= 4 is 34.8 Å². The lowest BCUT2D eigenvalue weighted by molar-refractivity contribution is 0.101. The standard InChI is InChI=1S/C27H24ClN3O4/c1-3-16-34-23-11-7-6-10-22(23)30-26(32)18-12-14-19(15-13-18)29-27(33)24-17(2)35-31-25(24)20-8-4-5-9-21(20)28/h4-15H,3,16H2,1-2H3,(H,29,33)(H,30,32). The summed E-state index contributed by atoms with van der Waals surface area (Å²) in [6.07, 6.45) is 0.865. The molecule has 0 aliphatic rings. The van der Waals surface area contributed by atoms with Crippen LogP contribution >= 0.6 is 11.6 Å². The van der Waals surface area contributed by atoms with Crippen molar-refractivity contribution in [1.29, 1.82) is 0 Å². The summed E-state index contributed by atoms with van der Waals surface area (Å²) >= 11 is 6.29. The molecule has 0 unspecified atom stereocenters. The molecule has 1 aromatic heterocycles. The van der Waals surface area contributed by atoms with Gasteiger partial charge in [-0.3, -0.25) is 9.59 Å². The van der Waals surface area contributed by atoms with Crippen molar-refractivity contribution < 1.29 is 18.8 Å². The molecule has 2 amide bonds. The molecule has 35 heavy (non-hydrogen) atoms. The van der Waals surface area contributed by atoms with Crippen LogP contribution < -0.4 is 15.4 Å². The average molecular weight is 490 g/mol. The highest BCUT2D eigenvalue weighted by Gasteiger charge is 2.23. The fourth-order valence-electron chi connectivity index (χ4n) is 3.48. The Hall–Kier alpha value is -4.10. The lowest BCUT2D eigenvalue weighted by Crippen LogP contribution is -2.15. The third-order valence-corrected chi connectivity index (χ3v) is 5.55. The van der Waals surface area contributed by atoms with Gasteiger partial charge in [-0.05, 0) is 55.8 Å². The minimum absolute atomic E-state index is 0.286. The first-order chi connectivity index (χ1) is 17.0. The molecule has 1 heterocycles. The molecule has 0 spiro atoms. The summed E-state index contributed by atoms with van der Waals surface area (Å²) in [5, 5.41) is 10.2. The van der Waals surface area contributed by atoms with Gasteiger partial charge in [0.2, 0.25) is 0 Å². The van der Waals surface area contributed by atoms with Crippen molar-refractivity contribution in [3.05, 3.63) is 94.7 Å². The number of aromatic nitrogens is 1. The molecule has 2 N–H and O–H groups in total. The van der Waals surface area contributed by atoms with E-state index < -0.39 is 5.91 Å². The Balaban J connectivity index is 1.47. The van der Waals surface area contributed by atoms with Crippen LogP contribution in [0, 0.1) is 6.92 Å². The van der Waals surface area contributed by atoms with Gasteiger partial charge in [-0.2, -0.15) is 0 Å². The summed E-state index contributed by atoms with van der Waals surface area (Å²) in [6, 6.07) is 21.0. The van der Waals surface area contributed by atoms with Crippen LogP contribution in [0.4, 0.5) is 11.4 Å². The Morgan fingerprint density at radius 1 is 0.943 bits per heavy atom.